The van der Waals surface area contributed by atoms with Crippen molar-refractivity contribution in [3.63, 3.8) is 0 Å². The Morgan fingerprint density at radius 2 is 2.14 bits per heavy atom. The molecule has 0 amide bonds. The molecule has 0 fully saturated rings. The molecule has 2 unspecified atom stereocenters. The molecule has 14 heavy (non-hydrogen) atoms. The second-order valence-electron chi connectivity index (χ2n) is 4.34. The number of hydrogen-bond acceptors (Lipinski definition) is 3. The molecule has 0 saturated carbocycles. The van der Waals surface area contributed by atoms with E-state index in [0.717, 1.165) is 18.2 Å². The van der Waals surface area contributed by atoms with E-state index >= 15 is 0 Å². The molecule has 0 aromatic carbocycles. The van der Waals surface area contributed by atoms with Gasteiger partial charge in [-0.25, -0.2) is 0 Å². The van der Waals surface area contributed by atoms with Crippen molar-refractivity contribution >= 4 is 5.82 Å². The van der Waals surface area contributed by atoms with Gasteiger partial charge < -0.3 is 5.32 Å². The molecule has 2 atom stereocenters. The fourth-order valence-corrected chi connectivity index (χ4v) is 2.31. The zero-order valence-corrected chi connectivity index (χ0v) is 9.04. The molecule has 0 radical (unpaired) electrons. The molecule has 1 aliphatic carbocycles. The van der Waals surface area contributed by atoms with E-state index in [9.17, 15) is 0 Å². The first-order valence-corrected chi connectivity index (χ1v) is 5.25. The van der Waals surface area contributed by atoms with Gasteiger partial charge in [-0.2, -0.15) is 5.10 Å². The summed E-state index contributed by atoms with van der Waals surface area (Å²) in [6.07, 6.45) is 2.38. The highest BCUT2D eigenvalue weighted by molar-refractivity contribution is 5.39. The summed E-state index contributed by atoms with van der Waals surface area (Å²) in [5, 5.41) is 11.5. The van der Waals surface area contributed by atoms with Gasteiger partial charge in [0.1, 0.15) is 5.82 Å². The molecule has 1 N–H and O–H groups in total. The van der Waals surface area contributed by atoms with Crippen LogP contribution >= 0.6 is 0 Å². The van der Waals surface area contributed by atoms with Crippen LogP contribution in [0, 0.1) is 5.92 Å². The molecule has 1 aliphatic rings. The highest BCUT2D eigenvalue weighted by Crippen LogP contribution is 2.33. The van der Waals surface area contributed by atoms with Crippen LogP contribution in [-0.2, 0) is 6.42 Å². The van der Waals surface area contributed by atoms with Gasteiger partial charge in [0, 0.05) is 13.0 Å². The SMILES string of the molecule is CNc1cc2c(nn1)C(C)CC(C)C2. The van der Waals surface area contributed by atoms with Crippen molar-refractivity contribution in [2.75, 3.05) is 12.4 Å². The summed E-state index contributed by atoms with van der Waals surface area (Å²) in [5.41, 5.74) is 2.57. The smallest absolute Gasteiger partial charge is 0.148 e. The highest BCUT2D eigenvalue weighted by Gasteiger charge is 2.23. The van der Waals surface area contributed by atoms with Crippen molar-refractivity contribution in [1.29, 1.82) is 0 Å². The fourth-order valence-electron chi connectivity index (χ4n) is 2.31. The van der Waals surface area contributed by atoms with Gasteiger partial charge in [-0.3, -0.25) is 0 Å². The van der Waals surface area contributed by atoms with Crippen molar-refractivity contribution < 1.29 is 0 Å². The Hall–Kier alpha value is -1.12. The second kappa shape index (κ2) is 3.56. The first kappa shape index (κ1) is 9.44. The Morgan fingerprint density at radius 3 is 2.86 bits per heavy atom. The van der Waals surface area contributed by atoms with Crippen LogP contribution in [0.5, 0.6) is 0 Å². The Labute approximate surface area is 84.9 Å². The molecule has 2 rings (SSSR count). The number of nitrogens with one attached hydrogen (secondary N) is 1. The van der Waals surface area contributed by atoms with E-state index in [-0.39, 0.29) is 0 Å². The topological polar surface area (TPSA) is 37.8 Å². The van der Waals surface area contributed by atoms with Gasteiger partial charge in [-0.1, -0.05) is 13.8 Å². The molecule has 0 spiro atoms. The van der Waals surface area contributed by atoms with Gasteiger partial charge in [-0.15, -0.1) is 5.10 Å². The normalized spacial score (nSPS) is 25.6. The third kappa shape index (κ3) is 1.59. The standard InChI is InChI=1S/C11H17N3/c1-7-4-8(2)11-9(5-7)6-10(12-3)13-14-11/h6-8H,4-5H2,1-3H3,(H,12,13). The van der Waals surface area contributed by atoms with E-state index in [1.165, 1.54) is 17.7 Å². The lowest BCUT2D eigenvalue weighted by Crippen LogP contribution is -2.17. The summed E-state index contributed by atoms with van der Waals surface area (Å²) in [7, 11) is 1.88. The predicted octanol–water partition coefficient (Wildman–Crippen LogP) is 2.20. The van der Waals surface area contributed by atoms with E-state index in [1.807, 2.05) is 7.05 Å². The van der Waals surface area contributed by atoms with Crippen LogP contribution < -0.4 is 5.32 Å². The first-order chi connectivity index (χ1) is 6.70. The van der Waals surface area contributed by atoms with Crippen molar-refractivity contribution in [3.8, 4) is 0 Å². The van der Waals surface area contributed by atoms with Crippen LogP contribution in [-0.4, -0.2) is 17.2 Å². The number of nitrogens with zero attached hydrogens (tertiary/aromatic N) is 2. The molecule has 1 heterocycles. The number of hydrogen-bond donors (Lipinski definition) is 1. The molecule has 0 aliphatic heterocycles. The van der Waals surface area contributed by atoms with E-state index in [2.05, 4.69) is 35.4 Å². The lowest BCUT2D eigenvalue weighted by molar-refractivity contribution is 0.438. The van der Waals surface area contributed by atoms with E-state index in [0.29, 0.717) is 5.92 Å². The molecular weight excluding hydrogens is 174 g/mol. The van der Waals surface area contributed by atoms with Crippen LogP contribution in [0.4, 0.5) is 5.82 Å². The van der Waals surface area contributed by atoms with Crippen molar-refractivity contribution in [2.24, 2.45) is 5.92 Å². The predicted molar refractivity (Wildman–Crippen MR) is 57.5 cm³/mol. The molecule has 0 saturated heterocycles. The maximum Gasteiger partial charge on any atom is 0.148 e. The number of rotatable bonds is 1. The van der Waals surface area contributed by atoms with Crippen LogP contribution in [0.2, 0.25) is 0 Å². The molecule has 76 valence electrons. The average Bonchev–Trinajstić information content (AvgIpc) is 2.16. The maximum atomic E-state index is 4.29. The summed E-state index contributed by atoms with van der Waals surface area (Å²) in [6, 6.07) is 2.13. The summed E-state index contributed by atoms with van der Waals surface area (Å²) in [4.78, 5) is 0. The quantitative estimate of drug-likeness (QED) is 0.739. The van der Waals surface area contributed by atoms with Crippen LogP contribution in [0.15, 0.2) is 6.07 Å². The van der Waals surface area contributed by atoms with Crippen molar-refractivity contribution in [3.05, 3.63) is 17.3 Å². The van der Waals surface area contributed by atoms with Gasteiger partial charge in [0.05, 0.1) is 5.69 Å². The number of fused-ring (bicyclic) bond motifs is 1. The van der Waals surface area contributed by atoms with Crippen LogP contribution in [0.3, 0.4) is 0 Å². The second-order valence-corrected chi connectivity index (χ2v) is 4.34. The van der Waals surface area contributed by atoms with Crippen molar-refractivity contribution in [2.45, 2.75) is 32.6 Å². The van der Waals surface area contributed by atoms with E-state index < -0.39 is 0 Å². The summed E-state index contributed by atoms with van der Waals surface area (Å²) >= 11 is 0. The van der Waals surface area contributed by atoms with Gasteiger partial charge in [0.15, 0.2) is 0 Å². The minimum absolute atomic E-state index is 0.562. The number of aromatic nitrogens is 2. The molecule has 3 heteroatoms. The Morgan fingerprint density at radius 1 is 1.36 bits per heavy atom. The van der Waals surface area contributed by atoms with Crippen LogP contribution in [0.1, 0.15) is 37.4 Å². The van der Waals surface area contributed by atoms with Crippen molar-refractivity contribution in [1.82, 2.24) is 10.2 Å². The van der Waals surface area contributed by atoms with Gasteiger partial charge in [0.2, 0.25) is 0 Å². The minimum Gasteiger partial charge on any atom is -0.372 e. The molecule has 1 aromatic heterocycles. The van der Waals surface area contributed by atoms with Gasteiger partial charge in [0.25, 0.3) is 0 Å². The zero-order chi connectivity index (χ0) is 10.1. The average molecular weight is 191 g/mol. The largest absolute Gasteiger partial charge is 0.372 e. The van der Waals surface area contributed by atoms with Gasteiger partial charge >= 0.3 is 0 Å². The summed E-state index contributed by atoms with van der Waals surface area (Å²) < 4.78 is 0. The molecular formula is C11H17N3. The third-order valence-corrected chi connectivity index (χ3v) is 2.95. The zero-order valence-electron chi connectivity index (χ0n) is 9.04. The summed E-state index contributed by atoms with van der Waals surface area (Å²) in [5.74, 6) is 2.21. The molecule has 0 bridgehead atoms. The maximum absolute atomic E-state index is 4.29. The van der Waals surface area contributed by atoms with Gasteiger partial charge in [-0.05, 0) is 30.4 Å². The van der Waals surface area contributed by atoms with E-state index in [4.69, 9.17) is 0 Å². The summed E-state index contributed by atoms with van der Waals surface area (Å²) in [6.45, 7) is 4.54. The Kier molecular flexibility index (Phi) is 2.40. The van der Waals surface area contributed by atoms with E-state index in [1.54, 1.807) is 0 Å². The monoisotopic (exact) mass is 191 g/mol. The molecule has 1 aromatic rings. The van der Waals surface area contributed by atoms with Crippen LogP contribution in [0.25, 0.3) is 0 Å². The first-order valence-electron chi connectivity index (χ1n) is 5.25. The third-order valence-electron chi connectivity index (χ3n) is 2.95. The molecule has 3 nitrogen and oxygen atoms in total. The Bertz CT molecular complexity index is 335. The lowest BCUT2D eigenvalue weighted by atomic mass is 9.82. The fraction of sp³-hybridized carbons (Fsp3) is 0.636. The Balaban J connectivity index is 2.39. The lowest BCUT2D eigenvalue weighted by Gasteiger charge is -2.25. The minimum atomic E-state index is 0.562. The number of anilines is 1. The highest BCUT2D eigenvalue weighted by atomic mass is 15.2.